The Labute approximate surface area is 136 Å². The summed E-state index contributed by atoms with van der Waals surface area (Å²) in [7, 11) is 0. The first-order valence-electron chi connectivity index (χ1n) is 8.00. The molecule has 1 aliphatic heterocycles. The van der Waals surface area contributed by atoms with Gasteiger partial charge >= 0.3 is 0 Å². The number of nitrogens with zero attached hydrogens (tertiary/aromatic N) is 1. The van der Waals surface area contributed by atoms with E-state index in [9.17, 15) is 0 Å². The zero-order valence-corrected chi connectivity index (χ0v) is 12.9. The molecule has 0 spiro atoms. The normalized spacial score (nSPS) is 16.4. The maximum Gasteiger partial charge on any atom is 0.119 e. The second kappa shape index (κ2) is 5.90. The highest BCUT2D eigenvalue weighted by Crippen LogP contribution is 2.45. The summed E-state index contributed by atoms with van der Waals surface area (Å²) in [5, 5.41) is 2.08. The van der Waals surface area contributed by atoms with E-state index in [1.165, 1.54) is 11.1 Å². The van der Waals surface area contributed by atoms with Crippen molar-refractivity contribution < 1.29 is 4.84 Å². The number of hydrogen-bond acceptors (Lipinski definition) is 2. The van der Waals surface area contributed by atoms with Gasteiger partial charge in [-0.3, -0.25) is 4.84 Å². The van der Waals surface area contributed by atoms with Gasteiger partial charge in [-0.1, -0.05) is 78.9 Å². The monoisotopic (exact) mass is 301 g/mol. The van der Waals surface area contributed by atoms with Crippen molar-refractivity contribution in [2.45, 2.75) is 12.0 Å². The Morgan fingerprint density at radius 2 is 1.13 bits per heavy atom. The lowest BCUT2D eigenvalue weighted by molar-refractivity contribution is 0.146. The van der Waals surface area contributed by atoms with Crippen LogP contribution in [0.3, 0.4) is 0 Å². The van der Waals surface area contributed by atoms with E-state index in [0.717, 1.165) is 12.1 Å². The van der Waals surface area contributed by atoms with E-state index < -0.39 is 0 Å². The van der Waals surface area contributed by atoms with Crippen molar-refractivity contribution >= 4 is 5.69 Å². The molecule has 0 aliphatic carbocycles. The molecule has 0 unspecified atom stereocenters. The molecule has 0 atom stereocenters. The van der Waals surface area contributed by atoms with Crippen molar-refractivity contribution in [3.8, 4) is 0 Å². The Hall–Kier alpha value is -2.58. The maximum absolute atomic E-state index is 6.10. The maximum atomic E-state index is 6.10. The van der Waals surface area contributed by atoms with Crippen LogP contribution >= 0.6 is 0 Å². The van der Waals surface area contributed by atoms with Crippen LogP contribution in [0.4, 0.5) is 5.69 Å². The molecular weight excluding hydrogens is 282 g/mol. The van der Waals surface area contributed by atoms with Crippen molar-refractivity contribution in [3.05, 3.63) is 102 Å². The Balaban J connectivity index is 1.93. The fourth-order valence-corrected chi connectivity index (χ4v) is 3.47. The van der Waals surface area contributed by atoms with Gasteiger partial charge in [0.1, 0.15) is 5.54 Å². The molecule has 3 aromatic carbocycles. The summed E-state index contributed by atoms with van der Waals surface area (Å²) in [6.07, 6.45) is 0.927. The Morgan fingerprint density at radius 1 is 0.652 bits per heavy atom. The average Bonchev–Trinajstić information content (AvgIpc) is 3.10. The third-order valence-corrected chi connectivity index (χ3v) is 4.52. The number of rotatable bonds is 3. The van der Waals surface area contributed by atoms with Gasteiger partial charge < -0.3 is 0 Å². The molecule has 1 aliphatic rings. The predicted molar refractivity (Wildman–Crippen MR) is 93.2 cm³/mol. The summed E-state index contributed by atoms with van der Waals surface area (Å²) in [5.41, 5.74) is 3.31. The van der Waals surface area contributed by atoms with Gasteiger partial charge in [0.25, 0.3) is 0 Å². The minimum absolute atomic E-state index is 0.288. The van der Waals surface area contributed by atoms with E-state index in [0.29, 0.717) is 6.61 Å². The molecular formula is C21H19NO. The first kappa shape index (κ1) is 14.0. The summed E-state index contributed by atoms with van der Waals surface area (Å²) in [5.74, 6) is 0. The van der Waals surface area contributed by atoms with Gasteiger partial charge in [0.2, 0.25) is 0 Å². The molecule has 0 amide bonds. The van der Waals surface area contributed by atoms with E-state index in [1.807, 2.05) is 6.07 Å². The highest BCUT2D eigenvalue weighted by atomic mass is 16.7. The van der Waals surface area contributed by atoms with Gasteiger partial charge in [-0.15, -0.1) is 0 Å². The lowest BCUT2D eigenvalue weighted by Gasteiger charge is -2.38. The Morgan fingerprint density at radius 3 is 1.65 bits per heavy atom. The van der Waals surface area contributed by atoms with E-state index in [-0.39, 0.29) is 5.54 Å². The fraction of sp³-hybridized carbons (Fsp3) is 0.143. The topological polar surface area (TPSA) is 12.5 Å². The summed E-state index contributed by atoms with van der Waals surface area (Å²) in [6.45, 7) is 0.707. The van der Waals surface area contributed by atoms with Crippen LogP contribution in [-0.2, 0) is 10.4 Å². The smallest absolute Gasteiger partial charge is 0.119 e. The molecule has 4 rings (SSSR count). The van der Waals surface area contributed by atoms with E-state index in [2.05, 4.69) is 90.0 Å². The molecule has 0 saturated carbocycles. The van der Waals surface area contributed by atoms with E-state index in [4.69, 9.17) is 4.84 Å². The quantitative estimate of drug-likeness (QED) is 0.691. The molecule has 1 saturated heterocycles. The van der Waals surface area contributed by atoms with Crippen LogP contribution in [0.25, 0.3) is 0 Å². The van der Waals surface area contributed by atoms with Crippen molar-refractivity contribution in [2.75, 3.05) is 11.7 Å². The van der Waals surface area contributed by atoms with Gasteiger partial charge in [0, 0.05) is 6.42 Å². The summed E-state index contributed by atoms with van der Waals surface area (Å²) >= 11 is 0. The zero-order chi connectivity index (χ0) is 15.5. The second-order valence-corrected chi connectivity index (χ2v) is 5.81. The average molecular weight is 301 g/mol. The van der Waals surface area contributed by atoms with Crippen LogP contribution < -0.4 is 5.06 Å². The molecule has 2 heteroatoms. The lowest BCUT2D eigenvalue weighted by atomic mass is 9.80. The summed E-state index contributed by atoms with van der Waals surface area (Å²) in [4.78, 5) is 6.10. The Bertz CT molecular complexity index is 716. The number of para-hydroxylation sites is 1. The summed E-state index contributed by atoms with van der Waals surface area (Å²) < 4.78 is 0. The van der Waals surface area contributed by atoms with Crippen LogP contribution in [0.2, 0.25) is 0 Å². The number of anilines is 1. The zero-order valence-electron chi connectivity index (χ0n) is 12.9. The second-order valence-electron chi connectivity index (χ2n) is 5.81. The molecule has 114 valence electrons. The third kappa shape index (κ3) is 2.32. The Kier molecular flexibility index (Phi) is 3.60. The molecule has 0 bridgehead atoms. The van der Waals surface area contributed by atoms with Gasteiger partial charge in [-0.2, -0.15) is 0 Å². The minimum atomic E-state index is -0.288. The first-order chi connectivity index (χ1) is 11.4. The molecule has 0 radical (unpaired) electrons. The van der Waals surface area contributed by atoms with Crippen LogP contribution in [0.5, 0.6) is 0 Å². The third-order valence-electron chi connectivity index (χ3n) is 4.52. The fourth-order valence-electron chi connectivity index (χ4n) is 3.47. The van der Waals surface area contributed by atoms with Crippen LogP contribution in [0.1, 0.15) is 17.5 Å². The van der Waals surface area contributed by atoms with Gasteiger partial charge in [-0.25, -0.2) is 5.06 Å². The first-order valence-corrected chi connectivity index (χ1v) is 8.00. The van der Waals surface area contributed by atoms with E-state index >= 15 is 0 Å². The highest BCUT2D eigenvalue weighted by molar-refractivity contribution is 5.55. The predicted octanol–water partition coefficient (Wildman–Crippen LogP) is 4.77. The van der Waals surface area contributed by atoms with Crippen LogP contribution in [-0.4, -0.2) is 6.61 Å². The molecule has 3 aromatic rings. The highest BCUT2D eigenvalue weighted by Gasteiger charge is 2.45. The van der Waals surface area contributed by atoms with Crippen LogP contribution in [0.15, 0.2) is 91.0 Å². The standard InChI is InChI=1S/C21H19NO/c1-4-10-18(11-5-1)21(19-12-6-2-7-13-19)16-17-23-22(21)20-14-8-3-9-15-20/h1-15H,16-17H2. The van der Waals surface area contributed by atoms with Gasteiger partial charge in [0.15, 0.2) is 0 Å². The van der Waals surface area contributed by atoms with Crippen molar-refractivity contribution in [1.82, 2.24) is 0 Å². The van der Waals surface area contributed by atoms with E-state index in [1.54, 1.807) is 0 Å². The molecule has 1 heterocycles. The minimum Gasteiger partial charge on any atom is -0.272 e. The lowest BCUT2D eigenvalue weighted by Crippen LogP contribution is -2.41. The van der Waals surface area contributed by atoms with Gasteiger partial charge in [0.05, 0.1) is 12.3 Å². The molecule has 1 fully saturated rings. The van der Waals surface area contributed by atoms with Crippen LogP contribution in [0, 0.1) is 0 Å². The SMILES string of the molecule is c1ccc(N2OCCC2(c2ccccc2)c2ccccc2)cc1. The molecule has 2 nitrogen and oxygen atoms in total. The van der Waals surface area contributed by atoms with Crippen molar-refractivity contribution in [2.24, 2.45) is 0 Å². The van der Waals surface area contributed by atoms with Crippen molar-refractivity contribution in [3.63, 3.8) is 0 Å². The van der Waals surface area contributed by atoms with Crippen molar-refractivity contribution in [1.29, 1.82) is 0 Å². The largest absolute Gasteiger partial charge is 0.272 e. The molecule has 0 N–H and O–H groups in total. The number of hydrogen-bond donors (Lipinski definition) is 0. The summed E-state index contributed by atoms with van der Waals surface area (Å²) in [6, 6.07) is 31.6. The van der Waals surface area contributed by atoms with Gasteiger partial charge in [-0.05, 0) is 23.3 Å². The number of benzene rings is 3. The molecule has 23 heavy (non-hydrogen) atoms. The molecule has 0 aromatic heterocycles. The number of hydroxylamine groups is 1.